The fourth-order valence-electron chi connectivity index (χ4n) is 9.16. The van der Waals surface area contributed by atoms with Crippen LogP contribution in [0.4, 0.5) is 0 Å². The zero-order valence-electron chi connectivity index (χ0n) is 59.9. The van der Waals surface area contributed by atoms with Gasteiger partial charge in [-0.15, -0.1) is 0 Å². The van der Waals surface area contributed by atoms with E-state index in [0.717, 1.165) is 180 Å². The van der Waals surface area contributed by atoms with Crippen molar-refractivity contribution in [2.45, 2.75) is 283 Å². The van der Waals surface area contributed by atoms with Crippen molar-refractivity contribution in [1.82, 2.24) is 0 Å². The van der Waals surface area contributed by atoms with Crippen LogP contribution in [-0.2, 0) is 55.8 Å². The van der Waals surface area contributed by atoms with Gasteiger partial charge in [-0.05, 0) is 148 Å². The van der Waals surface area contributed by atoms with E-state index in [1.807, 2.05) is 0 Å². The van der Waals surface area contributed by atoms with Gasteiger partial charge in [0, 0.05) is 19.3 Å². The zero-order valence-corrected chi connectivity index (χ0v) is 61.7. The number of hydrogen-bond acceptors (Lipinski definition) is 14. The smallest absolute Gasteiger partial charge is 0.463 e. The Bertz CT molecular complexity index is 2400. The van der Waals surface area contributed by atoms with Crippen molar-refractivity contribution in [3.05, 3.63) is 158 Å². The molecule has 0 rings (SSSR count). The maximum absolute atomic E-state index is 12.9. The summed E-state index contributed by atoms with van der Waals surface area (Å²) in [6, 6.07) is 0. The Morgan fingerprint density at radius 1 is 0.299 bits per heavy atom. The average Bonchev–Trinajstić information content (AvgIpc) is 1.77. The van der Waals surface area contributed by atoms with E-state index in [-0.39, 0.29) is 19.3 Å². The largest absolute Gasteiger partial charge is 0.472 e. The first kappa shape index (κ1) is 92.2. The Labute approximate surface area is 587 Å². The molecule has 5 atom stereocenters. The lowest BCUT2D eigenvalue weighted by Gasteiger charge is -2.21. The predicted molar refractivity (Wildman–Crippen MR) is 399 cm³/mol. The van der Waals surface area contributed by atoms with Crippen molar-refractivity contribution in [3.8, 4) is 0 Å². The average molecular weight is 1400 g/mol. The number of carbonyl (C=O) groups is 3. The summed E-state index contributed by atoms with van der Waals surface area (Å²) in [5.74, 6) is -1.64. The van der Waals surface area contributed by atoms with Crippen LogP contribution in [0.3, 0.4) is 0 Å². The molecule has 552 valence electrons. The van der Waals surface area contributed by atoms with Crippen molar-refractivity contribution in [2.24, 2.45) is 0 Å². The molecule has 0 saturated heterocycles. The number of carbonyl (C=O) groups excluding carboxylic acids is 3. The summed E-state index contributed by atoms with van der Waals surface area (Å²) in [5, 5.41) is 20.6. The summed E-state index contributed by atoms with van der Waals surface area (Å²) in [7, 11) is -9.81. The molecule has 0 heterocycles. The number of phosphoric ester groups is 2. The first-order valence-electron chi connectivity index (χ1n) is 36.8. The Hall–Kier alpha value is -4.83. The molecule has 0 aliphatic rings. The lowest BCUT2D eigenvalue weighted by atomic mass is 10.1. The molecule has 18 heteroatoms. The number of esters is 3. The molecule has 16 nitrogen and oxygen atoms in total. The molecule has 97 heavy (non-hydrogen) atoms. The molecule has 0 amide bonds. The normalized spacial score (nSPS) is 15.0. The molecule has 4 N–H and O–H groups in total. The molecule has 0 spiro atoms. The van der Waals surface area contributed by atoms with Crippen LogP contribution in [0.15, 0.2) is 158 Å². The summed E-state index contributed by atoms with van der Waals surface area (Å²) < 4.78 is 61.0. The lowest BCUT2D eigenvalue weighted by Crippen LogP contribution is -2.30. The molecule has 0 radical (unpaired) electrons. The molecule has 0 aliphatic heterocycles. The van der Waals surface area contributed by atoms with Crippen LogP contribution < -0.4 is 0 Å². The van der Waals surface area contributed by atoms with Gasteiger partial charge in [-0.25, -0.2) is 9.13 Å². The van der Waals surface area contributed by atoms with Gasteiger partial charge in [0.2, 0.25) is 0 Å². The molecule has 0 fully saturated rings. The zero-order chi connectivity index (χ0) is 70.9. The lowest BCUT2D eigenvalue weighted by molar-refractivity contribution is -0.161. The van der Waals surface area contributed by atoms with Crippen molar-refractivity contribution < 1.29 is 75.8 Å². The van der Waals surface area contributed by atoms with Gasteiger partial charge in [-0.2, -0.15) is 0 Å². The Morgan fingerprint density at radius 2 is 0.546 bits per heavy atom. The van der Waals surface area contributed by atoms with Crippen LogP contribution in [0.5, 0.6) is 0 Å². The minimum atomic E-state index is -4.94. The van der Waals surface area contributed by atoms with Crippen LogP contribution in [0.2, 0.25) is 0 Å². The predicted octanol–water partition coefficient (Wildman–Crippen LogP) is 21.1. The van der Waals surface area contributed by atoms with Crippen molar-refractivity contribution in [2.75, 3.05) is 39.6 Å². The number of aliphatic hydroxyl groups is 2. The number of aliphatic hydroxyl groups excluding tert-OH is 2. The standard InChI is InChI=1S/C79H130O16P2/c1-4-7-10-13-16-19-22-25-28-30-32-34-36-38-40-42-45-47-50-53-56-59-62-65-77(82)89-68-74(80)69-91-96(85,86)92-70-75(81)71-93-97(87,88)94-73-76(95-79(84)67-64-61-58-55-52-49-44-27-24-21-18-15-12-9-6-3)72-90-78(83)66-63-60-57-54-51-48-46-43-41-39-37-35-33-31-29-26-23-20-17-14-11-8-5-2/h7,9-10,12,16-21,25-29,32-35,38-41,44-45,47,74-76,80-81H,4-6,8,11,13-15,22-24,30-31,36-37,42-43,46,48-73H2,1-3H3,(H,85,86)(H,87,88)/b10-7-,12-9-,19-16-,20-17-,21-18-,28-25-,29-26-,34-32-,35-33-,40-38-,41-39-,44-27-,47-45-. The minimum absolute atomic E-state index is 0.0765. The van der Waals surface area contributed by atoms with Gasteiger partial charge in [0.05, 0.1) is 26.4 Å². The molecule has 5 unspecified atom stereocenters. The summed E-state index contributed by atoms with van der Waals surface area (Å²) >= 11 is 0. The molecule has 0 aliphatic carbocycles. The fraction of sp³-hybridized carbons (Fsp3) is 0.633. The van der Waals surface area contributed by atoms with E-state index in [2.05, 4.69) is 179 Å². The highest BCUT2D eigenvalue weighted by Gasteiger charge is 2.29. The number of unbranched alkanes of at least 4 members (excludes halogenated alkanes) is 19. The first-order chi connectivity index (χ1) is 47.2. The van der Waals surface area contributed by atoms with E-state index in [0.29, 0.717) is 19.3 Å². The third-order valence-electron chi connectivity index (χ3n) is 14.7. The van der Waals surface area contributed by atoms with Gasteiger partial charge >= 0.3 is 33.6 Å². The highest BCUT2D eigenvalue weighted by Crippen LogP contribution is 2.45. The molecule has 0 bridgehead atoms. The maximum atomic E-state index is 12.9. The van der Waals surface area contributed by atoms with Crippen LogP contribution in [0.25, 0.3) is 0 Å². The van der Waals surface area contributed by atoms with Crippen molar-refractivity contribution >= 4 is 33.6 Å². The topological polar surface area (TPSA) is 231 Å². The second-order valence-corrected chi connectivity index (χ2v) is 26.9. The Kier molecular flexibility index (Phi) is 67.5. The monoisotopic (exact) mass is 1400 g/mol. The summed E-state index contributed by atoms with van der Waals surface area (Å²) in [4.78, 5) is 58.5. The van der Waals surface area contributed by atoms with Gasteiger partial charge in [-0.3, -0.25) is 32.5 Å². The van der Waals surface area contributed by atoms with E-state index in [1.54, 1.807) is 0 Å². The third-order valence-corrected chi connectivity index (χ3v) is 16.6. The number of ether oxygens (including phenoxy) is 3. The SMILES string of the molecule is CC/C=C\C/C=C\C/C=C\C/C=C\C/C=C\C/C=C\CCCCCCC(=O)OCC(O)COP(=O)(O)OCC(O)COP(=O)(O)OCC(COC(=O)CCCCCCCCC/C=C\C/C=C\C/C=C\C/C=C\CCCCC)OC(=O)CCCCCCC/C=C\C/C=C\C/C=C\CC. The molecule has 0 aromatic heterocycles. The van der Waals surface area contributed by atoms with Crippen LogP contribution >= 0.6 is 15.6 Å². The Morgan fingerprint density at radius 3 is 0.866 bits per heavy atom. The second-order valence-electron chi connectivity index (χ2n) is 24.0. The number of allylic oxidation sites excluding steroid dienone is 26. The van der Waals surface area contributed by atoms with Gasteiger partial charge < -0.3 is 34.2 Å². The van der Waals surface area contributed by atoms with E-state index in [1.165, 1.54) is 25.7 Å². The number of rotatable bonds is 68. The first-order valence-corrected chi connectivity index (χ1v) is 39.8. The molecule has 0 aromatic rings. The quantitative estimate of drug-likeness (QED) is 0.0146. The minimum Gasteiger partial charge on any atom is -0.463 e. The van der Waals surface area contributed by atoms with E-state index < -0.39 is 91.5 Å². The van der Waals surface area contributed by atoms with Crippen LogP contribution in [0, 0.1) is 0 Å². The number of hydrogen-bond donors (Lipinski definition) is 4. The highest BCUT2D eigenvalue weighted by atomic mass is 31.2. The summed E-state index contributed by atoms with van der Waals surface area (Å²) in [5.41, 5.74) is 0. The molecule has 0 saturated carbocycles. The van der Waals surface area contributed by atoms with Crippen molar-refractivity contribution in [3.63, 3.8) is 0 Å². The van der Waals surface area contributed by atoms with E-state index in [9.17, 15) is 43.5 Å². The van der Waals surface area contributed by atoms with E-state index in [4.69, 9.17) is 32.3 Å². The highest BCUT2D eigenvalue weighted by molar-refractivity contribution is 7.47. The maximum Gasteiger partial charge on any atom is 0.472 e. The second kappa shape index (κ2) is 71.0. The number of phosphoric acid groups is 2. The molecule has 0 aromatic carbocycles. The summed E-state index contributed by atoms with van der Waals surface area (Å²) in [6.07, 6.45) is 87.1. The summed E-state index contributed by atoms with van der Waals surface area (Å²) in [6.45, 7) is 2.34. The molecular formula is C79H130O16P2. The van der Waals surface area contributed by atoms with Crippen LogP contribution in [-0.4, -0.2) is 95.9 Å². The van der Waals surface area contributed by atoms with Crippen molar-refractivity contribution in [1.29, 1.82) is 0 Å². The third kappa shape index (κ3) is 72.2. The van der Waals surface area contributed by atoms with Gasteiger partial charge in [0.1, 0.15) is 25.4 Å². The molecular weight excluding hydrogens is 1270 g/mol. The van der Waals surface area contributed by atoms with Gasteiger partial charge in [0.25, 0.3) is 0 Å². The Balaban J connectivity index is 4.70. The van der Waals surface area contributed by atoms with Gasteiger partial charge in [-0.1, -0.05) is 256 Å². The van der Waals surface area contributed by atoms with Crippen LogP contribution in [0.1, 0.15) is 265 Å². The van der Waals surface area contributed by atoms with Gasteiger partial charge in [0.15, 0.2) is 6.10 Å². The fourth-order valence-corrected chi connectivity index (χ4v) is 10.7. The van der Waals surface area contributed by atoms with E-state index >= 15 is 0 Å².